The minimum atomic E-state index is -0.280. The van der Waals surface area contributed by atoms with Crippen molar-refractivity contribution >= 4 is 5.91 Å². The Morgan fingerprint density at radius 1 is 1.08 bits per heavy atom. The van der Waals surface area contributed by atoms with Gasteiger partial charge in [-0.05, 0) is 54.9 Å². The Bertz CT molecular complexity index is 652. The molecule has 1 aliphatic rings. The number of aromatic nitrogens is 1. The van der Waals surface area contributed by atoms with Crippen molar-refractivity contribution in [2.45, 2.75) is 38.2 Å². The molecule has 0 saturated carbocycles. The number of pyridine rings is 1. The lowest BCUT2D eigenvalue weighted by Gasteiger charge is -2.34. The van der Waals surface area contributed by atoms with E-state index in [2.05, 4.69) is 17.1 Å². The van der Waals surface area contributed by atoms with Crippen LogP contribution in [-0.4, -0.2) is 40.1 Å². The second-order valence-corrected chi connectivity index (χ2v) is 6.84. The molecule has 132 valence electrons. The maximum Gasteiger partial charge on any atom is 0.226 e. The molecule has 1 fully saturated rings. The molecule has 0 unspecified atom stereocenters. The number of hydrogen-bond acceptors (Lipinski definition) is 3. The summed E-state index contributed by atoms with van der Waals surface area (Å²) in [7, 11) is 0. The molecule has 1 N–H and O–H groups in total. The molecule has 25 heavy (non-hydrogen) atoms. The SMILES string of the molecule is O=C(Cc1ccncc1)N1CCC([C@@H](O)CCc2ccccc2)CC1. The zero-order chi connectivity index (χ0) is 17.5. The summed E-state index contributed by atoms with van der Waals surface area (Å²) in [6.45, 7) is 1.49. The van der Waals surface area contributed by atoms with Gasteiger partial charge in [0.1, 0.15) is 0 Å². The van der Waals surface area contributed by atoms with Crippen molar-refractivity contribution in [2.24, 2.45) is 5.92 Å². The quantitative estimate of drug-likeness (QED) is 0.881. The standard InChI is InChI=1S/C21H26N2O2/c24-20(7-6-17-4-2-1-3-5-17)19-10-14-23(15-11-19)21(25)16-18-8-12-22-13-9-18/h1-5,8-9,12-13,19-20,24H,6-7,10-11,14-16H2/t20-/m0/s1. The van der Waals surface area contributed by atoms with Gasteiger partial charge in [0.05, 0.1) is 12.5 Å². The molecular weight excluding hydrogens is 312 g/mol. The number of aryl methyl sites for hydroxylation is 1. The number of aliphatic hydroxyl groups is 1. The molecule has 4 heteroatoms. The zero-order valence-electron chi connectivity index (χ0n) is 14.6. The first-order chi connectivity index (χ1) is 12.2. The number of benzene rings is 1. The highest BCUT2D eigenvalue weighted by atomic mass is 16.3. The summed E-state index contributed by atoms with van der Waals surface area (Å²) in [5.41, 5.74) is 2.27. The van der Waals surface area contributed by atoms with Gasteiger partial charge in [0, 0.05) is 25.5 Å². The molecule has 4 nitrogen and oxygen atoms in total. The topological polar surface area (TPSA) is 53.4 Å². The molecule has 1 aromatic heterocycles. The Morgan fingerprint density at radius 3 is 2.44 bits per heavy atom. The second kappa shape index (κ2) is 8.77. The smallest absolute Gasteiger partial charge is 0.226 e. The van der Waals surface area contributed by atoms with Crippen LogP contribution in [0.1, 0.15) is 30.4 Å². The summed E-state index contributed by atoms with van der Waals surface area (Å²) in [4.78, 5) is 18.3. The zero-order valence-corrected chi connectivity index (χ0v) is 14.6. The van der Waals surface area contributed by atoms with Crippen LogP contribution in [-0.2, 0) is 17.6 Å². The van der Waals surface area contributed by atoms with Gasteiger partial charge in [-0.15, -0.1) is 0 Å². The maximum atomic E-state index is 12.4. The summed E-state index contributed by atoms with van der Waals surface area (Å²) in [6, 6.07) is 14.1. The Kier molecular flexibility index (Phi) is 6.18. The molecule has 2 heterocycles. The number of piperidine rings is 1. The van der Waals surface area contributed by atoms with Crippen LogP contribution in [0.3, 0.4) is 0 Å². The molecule has 2 aromatic rings. The highest BCUT2D eigenvalue weighted by molar-refractivity contribution is 5.78. The summed E-state index contributed by atoms with van der Waals surface area (Å²) in [5, 5.41) is 10.5. The van der Waals surface area contributed by atoms with Gasteiger partial charge in [0.2, 0.25) is 5.91 Å². The predicted molar refractivity (Wildman–Crippen MR) is 98.0 cm³/mol. The fraction of sp³-hybridized carbons (Fsp3) is 0.429. The van der Waals surface area contributed by atoms with E-state index in [9.17, 15) is 9.90 Å². The summed E-state index contributed by atoms with van der Waals surface area (Å²) in [5.74, 6) is 0.470. The first kappa shape index (κ1) is 17.6. The Balaban J connectivity index is 1.42. The van der Waals surface area contributed by atoms with Crippen molar-refractivity contribution in [1.82, 2.24) is 9.88 Å². The van der Waals surface area contributed by atoms with E-state index < -0.39 is 0 Å². The number of likely N-dealkylation sites (tertiary alicyclic amines) is 1. The van der Waals surface area contributed by atoms with Crippen LogP contribution in [0.5, 0.6) is 0 Å². The molecule has 0 radical (unpaired) electrons. The van der Waals surface area contributed by atoms with E-state index in [1.807, 2.05) is 35.2 Å². The minimum absolute atomic E-state index is 0.170. The lowest BCUT2D eigenvalue weighted by atomic mass is 9.88. The third-order valence-electron chi connectivity index (χ3n) is 5.11. The molecule has 1 saturated heterocycles. The van der Waals surface area contributed by atoms with Gasteiger partial charge in [-0.1, -0.05) is 30.3 Å². The van der Waals surface area contributed by atoms with E-state index in [0.717, 1.165) is 44.3 Å². The highest BCUT2D eigenvalue weighted by Gasteiger charge is 2.27. The molecule has 1 aromatic carbocycles. The fourth-order valence-corrected chi connectivity index (χ4v) is 3.52. The van der Waals surface area contributed by atoms with Crippen LogP contribution in [0.2, 0.25) is 0 Å². The van der Waals surface area contributed by atoms with Crippen molar-refractivity contribution in [2.75, 3.05) is 13.1 Å². The normalized spacial score (nSPS) is 16.6. The van der Waals surface area contributed by atoms with Crippen LogP contribution < -0.4 is 0 Å². The van der Waals surface area contributed by atoms with Gasteiger partial charge in [-0.2, -0.15) is 0 Å². The minimum Gasteiger partial charge on any atom is -0.393 e. The van der Waals surface area contributed by atoms with Gasteiger partial charge in [-0.3, -0.25) is 9.78 Å². The Labute approximate surface area is 149 Å². The Hall–Kier alpha value is -2.20. The third kappa shape index (κ3) is 5.13. The van der Waals surface area contributed by atoms with Crippen LogP contribution in [0.25, 0.3) is 0 Å². The van der Waals surface area contributed by atoms with Gasteiger partial charge in [0.25, 0.3) is 0 Å². The van der Waals surface area contributed by atoms with Crippen molar-refractivity contribution in [3.05, 3.63) is 66.0 Å². The monoisotopic (exact) mass is 338 g/mol. The molecule has 0 aliphatic carbocycles. The van der Waals surface area contributed by atoms with Crippen LogP contribution in [0, 0.1) is 5.92 Å². The predicted octanol–water partition coefficient (Wildman–Crippen LogP) is 2.86. The number of rotatable bonds is 6. The number of nitrogens with zero attached hydrogens (tertiary/aromatic N) is 2. The van der Waals surface area contributed by atoms with Gasteiger partial charge in [-0.25, -0.2) is 0 Å². The molecule has 1 aliphatic heterocycles. The number of hydrogen-bond donors (Lipinski definition) is 1. The molecule has 0 spiro atoms. The van der Waals surface area contributed by atoms with E-state index in [1.54, 1.807) is 12.4 Å². The number of aliphatic hydroxyl groups excluding tert-OH is 1. The lowest BCUT2D eigenvalue weighted by Crippen LogP contribution is -2.42. The van der Waals surface area contributed by atoms with Crippen molar-refractivity contribution in [3.8, 4) is 0 Å². The lowest BCUT2D eigenvalue weighted by molar-refractivity contribution is -0.132. The number of carbonyl (C=O) groups excluding carboxylic acids is 1. The maximum absolute atomic E-state index is 12.4. The van der Waals surface area contributed by atoms with Gasteiger partial charge < -0.3 is 10.0 Å². The average Bonchev–Trinajstić information content (AvgIpc) is 2.68. The number of carbonyl (C=O) groups is 1. The second-order valence-electron chi connectivity index (χ2n) is 6.84. The van der Waals surface area contributed by atoms with Crippen LogP contribution in [0.15, 0.2) is 54.9 Å². The molecule has 0 bridgehead atoms. The summed E-state index contributed by atoms with van der Waals surface area (Å²) < 4.78 is 0. The average molecular weight is 338 g/mol. The summed E-state index contributed by atoms with van der Waals surface area (Å²) in [6.07, 6.45) is 7.07. The molecule has 1 amide bonds. The molecular formula is C21H26N2O2. The van der Waals surface area contributed by atoms with Crippen LogP contribution in [0.4, 0.5) is 0 Å². The van der Waals surface area contributed by atoms with Crippen molar-refractivity contribution < 1.29 is 9.90 Å². The van der Waals surface area contributed by atoms with Crippen molar-refractivity contribution in [1.29, 1.82) is 0 Å². The van der Waals surface area contributed by atoms with E-state index in [4.69, 9.17) is 0 Å². The van der Waals surface area contributed by atoms with Crippen LogP contribution >= 0.6 is 0 Å². The Morgan fingerprint density at radius 2 is 1.76 bits per heavy atom. The molecule has 3 rings (SSSR count). The van der Waals surface area contributed by atoms with E-state index in [0.29, 0.717) is 12.3 Å². The van der Waals surface area contributed by atoms with E-state index in [-0.39, 0.29) is 12.0 Å². The highest BCUT2D eigenvalue weighted by Crippen LogP contribution is 2.24. The van der Waals surface area contributed by atoms with E-state index >= 15 is 0 Å². The third-order valence-corrected chi connectivity index (χ3v) is 5.11. The van der Waals surface area contributed by atoms with Gasteiger partial charge in [0.15, 0.2) is 0 Å². The van der Waals surface area contributed by atoms with E-state index in [1.165, 1.54) is 5.56 Å². The van der Waals surface area contributed by atoms with Crippen molar-refractivity contribution in [3.63, 3.8) is 0 Å². The first-order valence-electron chi connectivity index (χ1n) is 9.11. The first-order valence-corrected chi connectivity index (χ1v) is 9.11. The summed E-state index contributed by atoms with van der Waals surface area (Å²) >= 11 is 0. The largest absolute Gasteiger partial charge is 0.393 e. The fourth-order valence-electron chi connectivity index (χ4n) is 3.52. The van der Waals surface area contributed by atoms with Gasteiger partial charge >= 0.3 is 0 Å². The molecule has 1 atom stereocenters. The number of amides is 1.